The fourth-order valence-corrected chi connectivity index (χ4v) is 2.64. The molecule has 8 heteroatoms. The van der Waals surface area contributed by atoms with E-state index in [1.807, 2.05) is 11.5 Å². The summed E-state index contributed by atoms with van der Waals surface area (Å²) in [6.07, 6.45) is 3.99. The molecule has 0 N–H and O–H groups in total. The molecule has 1 aliphatic rings. The number of amides is 1. The summed E-state index contributed by atoms with van der Waals surface area (Å²) < 4.78 is 6.58. The minimum Gasteiger partial charge on any atom is -0.468 e. The van der Waals surface area contributed by atoms with Crippen molar-refractivity contribution in [1.29, 1.82) is 0 Å². The van der Waals surface area contributed by atoms with Gasteiger partial charge < -0.3 is 14.2 Å². The number of thioether (sulfide) groups is 1. The Bertz CT molecular complexity index is 487. The van der Waals surface area contributed by atoms with E-state index in [9.17, 15) is 9.59 Å². The van der Waals surface area contributed by atoms with Crippen molar-refractivity contribution in [3.05, 3.63) is 6.33 Å². The van der Waals surface area contributed by atoms with Crippen molar-refractivity contribution in [1.82, 2.24) is 19.7 Å². The highest BCUT2D eigenvalue weighted by Gasteiger charge is 2.26. The number of esters is 1. The Labute approximate surface area is 121 Å². The van der Waals surface area contributed by atoms with E-state index in [0.29, 0.717) is 12.6 Å². The van der Waals surface area contributed by atoms with E-state index in [1.165, 1.54) is 23.8 Å². The SMILES string of the molecule is CCN(CC(=O)OC)C(=O)CSc1nncn1C1CC1. The standard InChI is InChI=1S/C12H18N4O3S/c1-3-15(6-11(18)19-2)10(17)7-20-12-14-13-8-16(12)9-4-5-9/h8-9H,3-7H2,1-2H3. The maximum absolute atomic E-state index is 12.1. The van der Waals surface area contributed by atoms with Crippen LogP contribution in [-0.4, -0.2) is 57.5 Å². The largest absolute Gasteiger partial charge is 0.468 e. The van der Waals surface area contributed by atoms with Gasteiger partial charge in [0, 0.05) is 12.6 Å². The minimum atomic E-state index is -0.411. The molecule has 0 unspecified atom stereocenters. The first kappa shape index (κ1) is 14.8. The van der Waals surface area contributed by atoms with Gasteiger partial charge in [-0.05, 0) is 19.8 Å². The number of carbonyl (C=O) groups excluding carboxylic acids is 2. The zero-order valence-corrected chi connectivity index (χ0v) is 12.4. The smallest absolute Gasteiger partial charge is 0.325 e. The number of hydrogen-bond acceptors (Lipinski definition) is 6. The molecular weight excluding hydrogens is 280 g/mol. The van der Waals surface area contributed by atoms with Crippen molar-refractivity contribution in [2.75, 3.05) is 26.0 Å². The molecule has 110 valence electrons. The number of ether oxygens (including phenoxy) is 1. The zero-order chi connectivity index (χ0) is 14.5. The van der Waals surface area contributed by atoms with Crippen molar-refractivity contribution in [3.8, 4) is 0 Å². The lowest BCUT2D eigenvalue weighted by atomic mass is 10.4. The van der Waals surface area contributed by atoms with Gasteiger partial charge in [-0.3, -0.25) is 9.59 Å². The van der Waals surface area contributed by atoms with Gasteiger partial charge >= 0.3 is 5.97 Å². The molecule has 0 bridgehead atoms. The van der Waals surface area contributed by atoms with Crippen LogP contribution < -0.4 is 0 Å². The number of aromatic nitrogens is 3. The minimum absolute atomic E-state index is 0.0122. The van der Waals surface area contributed by atoms with Crippen LogP contribution in [0, 0.1) is 0 Å². The van der Waals surface area contributed by atoms with Gasteiger partial charge in [0.1, 0.15) is 12.9 Å². The summed E-state index contributed by atoms with van der Waals surface area (Å²) >= 11 is 1.35. The van der Waals surface area contributed by atoms with Crippen LogP contribution in [0.25, 0.3) is 0 Å². The van der Waals surface area contributed by atoms with E-state index in [2.05, 4.69) is 14.9 Å². The van der Waals surface area contributed by atoms with Crippen LogP contribution in [0.4, 0.5) is 0 Å². The van der Waals surface area contributed by atoms with E-state index in [-0.39, 0.29) is 18.2 Å². The van der Waals surface area contributed by atoms with Crippen LogP contribution in [0.2, 0.25) is 0 Å². The molecule has 1 aromatic heterocycles. The molecule has 2 rings (SSSR count). The summed E-state index contributed by atoms with van der Waals surface area (Å²) in [7, 11) is 1.31. The normalized spacial score (nSPS) is 14.1. The Kier molecular flexibility index (Phi) is 4.99. The molecule has 1 fully saturated rings. The van der Waals surface area contributed by atoms with Gasteiger partial charge in [0.25, 0.3) is 0 Å². The number of hydrogen-bond donors (Lipinski definition) is 0. The molecule has 1 aliphatic carbocycles. The van der Waals surface area contributed by atoms with Gasteiger partial charge in [-0.1, -0.05) is 11.8 Å². The molecular formula is C12H18N4O3S. The average molecular weight is 298 g/mol. The van der Waals surface area contributed by atoms with Gasteiger partial charge in [0.2, 0.25) is 5.91 Å². The number of nitrogens with zero attached hydrogens (tertiary/aromatic N) is 4. The molecule has 0 saturated heterocycles. The van der Waals surface area contributed by atoms with E-state index in [0.717, 1.165) is 18.0 Å². The maximum Gasteiger partial charge on any atom is 0.325 e. The van der Waals surface area contributed by atoms with Gasteiger partial charge in [0.15, 0.2) is 5.16 Å². The Morgan fingerprint density at radius 3 is 2.90 bits per heavy atom. The van der Waals surface area contributed by atoms with E-state index >= 15 is 0 Å². The lowest BCUT2D eigenvalue weighted by Gasteiger charge is -2.18. The summed E-state index contributed by atoms with van der Waals surface area (Å²) in [6.45, 7) is 2.30. The third-order valence-electron chi connectivity index (χ3n) is 3.09. The first-order valence-electron chi connectivity index (χ1n) is 6.52. The molecule has 0 aliphatic heterocycles. The third kappa shape index (κ3) is 3.72. The molecule has 1 heterocycles. The van der Waals surface area contributed by atoms with Crippen molar-refractivity contribution < 1.29 is 14.3 Å². The molecule has 1 saturated carbocycles. The van der Waals surface area contributed by atoms with Crippen LogP contribution in [-0.2, 0) is 14.3 Å². The summed E-state index contributed by atoms with van der Waals surface area (Å²) in [5.41, 5.74) is 0. The highest BCUT2D eigenvalue weighted by Crippen LogP contribution is 2.37. The quantitative estimate of drug-likeness (QED) is 0.545. The first-order valence-corrected chi connectivity index (χ1v) is 7.51. The predicted octanol–water partition coefficient (Wildman–Crippen LogP) is 0.727. The van der Waals surface area contributed by atoms with E-state index < -0.39 is 5.97 Å². The van der Waals surface area contributed by atoms with Crippen LogP contribution in [0.1, 0.15) is 25.8 Å². The molecule has 7 nitrogen and oxygen atoms in total. The molecule has 0 spiro atoms. The summed E-state index contributed by atoms with van der Waals surface area (Å²) in [4.78, 5) is 24.7. The highest BCUT2D eigenvalue weighted by molar-refractivity contribution is 7.99. The summed E-state index contributed by atoms with van der Waals surface area (Å²) in [5.74, 6) is -0.268. The topological polar surface area (TPSA) is 77.3 Å². The average Bonchev–Trinajstić information content (AvgIpc) is 3.20. The van der Waals surface area contributed by atoms with Gasteiger partial charge in [0.05, 0.1) is 12.9 Å². The van der Waals surface area contributed by atoms with Gasteiger partial charge in [-0.25, -0.2) is 0 Å². The number of methoxy groups -OCH3 is 1. The Balaban J connectivity index is 1.86. The van der Waals surface area contributed by atoms with Crippen LogP contribution in [0.5, 0.6) is 0 Å². The van der Waals surface area contributed by atoms with Crippen LogP contribution >= 0.6 is 11.8 Å². The molecule has 20 heavy (non-hydrogen) atoms. The van der Waals surface area contributed by atoms with Gasteiger partial charge in [-0.15, -0.1) is 10.2 Å². The highest BCUT2D eigenvalue weighted by atomic mass is 32.2. The molecule has 0 atom stereocenters. The first-order chi connectivity index (χ1) is 9.65. The van der Waals surface area contributed by atoms with Crippen molar-refractivity contribution in [2.24, 2.45) is 0 Å². The second-order valence-electron chi connectivity index (χ2n) is 4.52. The van der Waals surface area contributed by atoms with Crippen LogP contribution in [0.3, 0.4) is 0 Å². The number of carbonyl (C=O) groups is 2. The summed E-state index contributed by atoms with van der Waals surface area (Å²) in [5, 5.41) is 8.67. The van der Waals surface area contributed by atoms with Gasteiger partial charge in [-0.2, -0.15) is 0 Å². The lowest BCUT2D eigenvalue weighted by Crippen LogP contribution is -2.37. The van der Waals surface area contributed by atoms with Crippen LogP contribution in [0.15, 0.2) is 11.5 Å². The zero-order valence-electron chi connectivity index (χ0n) is 11.6. The Morgan fingerprint density at radius 1 is 1.55 bits per heavy atom. The Hall–Kier alpha value is -1.57. The maximum atomic E-state index is 12.1. The Morgan fingerprint density at radius 2 is 2.30 bits per heavy atom. The molecule has 0 radical (unpaired) electrons. The van der Waals surface area contributed by atoms with Crippen molar-refractivity contribution in [2.45, 2.75) is 31.0 Å². The lowest BCUT2D eigenvalue weighted by molar-refractivity contribution is -0.146. The number of rotatable bonds is 7. The van der Waals surface area contributed by atoms with Crippen molar-refractivity contribution >= 4 is 23.6 Å². The second kappa shape index (κ2) is 6.74. The predicted molar refractivity (Wildman–Crippen MR) is 73.3 cm³/mol. The van der Waals surface area contributed by atoms with E-state index in [1.54, 1.807) is 6.33 Å². The molecule has 0 aromatic carbocycles. The fraction of sp³-hybridized carbons (Fsp3) is 0.667. The monoisotopic (exact) mass is 298 g/mol. The summed E-state index contributed by atoms with van der Waals surface area (Å²) in [6, 6.07) is 0.486. The van der Waals surface area contributed by atoms with E-state index in [4.69, 9.17) is 0 Å². The third-order valence-corrected chi connectivity index (χ3v) is 4.03. The number of likely N-dealkylation sites (N-methyl/N-ethyl adjacent to an activating group) is 1. The van der Waals surface area contributed by atoms with Crippen molar-refractivity contribution in [3.63, 3.8) is 0 Å². The molecule has 1 aromatic rings. The molecule has 1 amide bonds. The fourth-order valence-electron chi connectivity index (χ4n) is 1.75. The second-order valence-corrected chi connectivity index (χ2v) is 5.47.